The molecule has 8 nitrogen and oxygen atoms in total. The predicted octanol–water partition coefficient (Wildman–Crippen LogP) is -1.65. The van der Waals surface area contributed by atoms with Gasteiger partial charge >= 0.3 is 0 Å². The van der Waals surface area contributed by atoms with Gasteiger partial charge in [0, 0.05) is 0 Å². The van der Waals surface area contributed by atoms with Crippen LogP contribution in [0.25, 0.3) is 11.2 Å². The van der Waals surface area contributed by atoms with Crippen molar-refractivity contribution < 1.29 is 10.2 Å². The fourth-order valence-electron chi connectivity index (χ4n) is 1.60. The number of aliphatic hydroxyl groups is 2. The zero-order chi connectivity index (χ0) is 10.6. The molecule has 0 amide bonds. The third-order valence-electron chi connectivity index (χ3n) is 2.32. The molecular formula is C7H7N5O3. The third-order valence-corrected chi connectivity index (χ3v) is 2.32. The Kier molecular flexibility index (Phi) is 1.43. The van der Waals surface area contributed by atoms with Crippen LogP contribution < -0.4 is 10.9 Å². The summed E-state index contributed by atoms with van der Waals surface area (Å²) in [6, 6.07) is 0. The Labute approximate surface area is 82.2 Å². The average Bonchev–Trinajstić information content (AvgIpc) is 2.74. The number of nitrogens with zero attached hydrogens (tertiary/aromatic N) is 3. The lowest BCUT2D eigenvalue weighted by Gasteiger charge is -2.07. The normalized spacial score (nSPS) is 24.1. The number of aromatic amines is 1. The van der Waals surface area contributed by atoms with E-state index in [1.807, 2.05) is 0 Å². The summed E-state index contributed by atoms with van der Waals surface area (Å²) >= 11 is 0. The molecule has 8 heteroatoms. The number of rotatable bonds is 0. The molecule has 0 aromatic carbocycles. The minimum atomic E-state index is -1.33. The highest BCUT2D eigenvalue weighted by Gasteiger charge is 2.31. The molecule has 1 aliphatic heterocycles. The van der Waals surface area contributed by atoms with Gasteiger partial charge in [0.2, 0.25) is 5.95 Å². The van der Waals surface area contributed by atoms with Gasteiger partial charge in [0.25, 0.3) is 5.56 Å². The maximum atomic E-state index is 11.8. The Hall–Kier alpha value is -1.93. The molecule has 78 valence electrons. The molecule has 0 spiro atoms. The summed E-state index contributed by atoms with van der Waals surface area (Å²) in [6.45, 7) is 0. The van der Waals surface area contributed by atoms with Crippen LogP contribution in [0.4, 0.5) is 5.95 Å². The SMILES string of the molecule is O=c1c2[nH]cnc2nc2n1[C@H](O)[C@@H](O)N2. The van der Waals surface area contributed by atoms with Gasteiger partial charge < -0.3 is 20.5 Å². The highest BCUT2D eigenvalue weighted by atomic mass is 16.4. The number of aromatic nitrogens is 4. The molecule has 0 saturated carbocycles. The predicted molar refractivity (Wildman–Crippen MR) is 49.0 cm³/mol. The zero-order valence-corrected chi connectivity index (χ0v) is 7.38. The van der Waals surface area contributed by atoms with Gasteiger partial charge in [0.15, 0.2) is 23.6 Å². The van der Waals surface area contributed by atoms with Crippen LogP contribution in [-0.2, 0) is 0 Å². The number of hydrogen-bond donors (Lipinski definition) is 4. The molecule has 0 radical (unpaired) electrons. The average molecular weight is 209 g/mol. The van der Waals surface area contributed by atoms with E-state index < -0.39 is 18.0 Å². The second-order valence-electron chi connectivity index (χ2n) is 3.21. The molecule has 0 unspecified atom stereocenters. The summed E-state index contributed by atoms with van der Waals surface area (Å²) < 4.78 is 0.977. The van der Waals surface area contributed by atoms with E-state index >= 15 is 0 Å². The van der Waals surface area contributed by atoms with E-state index in [2.05, 4.69) is 20.3 Å². The minimum Gasteiger partial charge on any atom is -0.369 e. The number of imidazole rings is 1. The molecule has 2 atom stereocenters. The lowest BCUT2D eigenvalue weighted by molar-refractivity contribution is 0.00239. The second kappa shape index (κ2) is 2.55. The summed E-state index contributed by atoms with van der Waals surface area (Å²) in [7, 11) is 0. The molecule has 2 aromatic rings. The molecule has 2 aromatic heterocycles. The molecule has 4 N–H and O–H groups in total. The maximum absolute atomic E-state index is 11.8. The van der Waals surface area contributed by atoms with Crippen molar-refractivity contribution in [3.63, 3.8) is 0 Å². The van der Waals surface area contributed by atoms with Gasteiger partial charge in [-0.05, 0) is 0 Å². The highest BCUT2D eigenvalue weighted by Crippen LogP contribution is 2.21. The first-order chi connectivity index (χ1) is 7.18. The fraction of sp³-hybridized carbons (Fsp3) is 0.286. The number of H-pyrrole nitrogens is 1. The van der Waals surface area contributed by atoms with Crippen LogP contribution >= 0.6 is 0 Å². The Bertz CT molecular complexity index is 588. The van der Waals surface area contributed by atoms with Gasteiger partial charge in [-0.15, -0.1) is 0 Å². The lowest BCUT2D eigenvalue weighted by Crippen LogP contribution is -2.27. The largest absolute Gasteiger partial charge is 0.369 e. The van der Waals surface area contributed by atoms with Crippen LogP contribution in [0.1, 0.15) is 6.23 Å². The van der Waals surface area contributed by atoms with Gasteiger partial charge in [0.05, 0.1) is 6.33 Å². The second-order valence-corrected chi connectivity index (χ2v) is 3.21. The van der Waals surface area contributed by atoms with Crippen molar-refractivity contribution in [1.82, 2.24) is 19.5 Å². The van der Waals surface area contributed by atoms with Crippen molar-refractivity contribution >= 4 is 17.1 Å². The Morgan fingerprint density at radius 1 is 1.47 bits per heavy atom. The molecule has 3 rings (SSSR count). The van der Waals surface area contributed by atoms with Crippen LogP contribution in [0.5, 0.6) is 0 Å². The number of anilines is 1. The van der Waals surface area contributed by atoms with Crippen molar-refractivity contribution in [2.75, 3.05) is 5.32 Å². The summed E-state index contributed by atoms with van der Waals surface area (Å²) in [6.07, 6.45) is -1.21. The van der Waals surface area contributed by atoms with E-state index in [0.29, 0.717) is 0 Å². The number of fused-ring (bicyclic) bond motifs is 2. The van der Waals surface area contributed by atoms with Crippen LogP contribution in [0.15, 0.2) is 11.1 Å². The smallest absolute Gasteiger partial charge is 0.283 e. The molecule has 0 saturated heterocycles. The third kappa shape index (κ3) is 0.941. The summed E-state index contributed by atoms with van der Waals surface area (Å²) in [5, 5.41) is 21.3. The standard InChI is InChI=1S/C7H7N5O3/c13-4-6(15)12-5(14)2-3(9-1-8-2)10-7(12)11-4/h1,4,6,13,15H,(H,8,9)(H,10,11)/t4-,6-/m1/s1. The molecule has 3 heterocycles. The van der Waals surface area contributed by atoms with E-state index in [4.69, 9.17) is 0 Å². The van der Waals surface area contributed by atoms with Gasteiger partial charge in [-0.3, -0.25) is 4.79 Å². The van der Waals surface area contributed by atoms with Crippen LogP contribution in [0.3, 0.4) is 0 Å². The number of aliphatic hydroxyl groups excluding tert-OH is 2. The molecule has 15 heavy (non-hydrogen) atoms. The van der Waals surface area contributed by atoms with Crippen molar-refractivity contribution in [2.24, 2.45) is 0 Å². The van der Waals surface area contributed by atoms with E-state index in [0.717, 1.165) is 4.57 Å². The summed E-state index contributed by atoms with van der Waals surface area (Å²) in [5.74, 6) is 0.111. The Morgan fingerprint density at radius 2 is 2.27 bits per heavy atom. The van der Waals surface area contributed by atoms with Crippen LogP contribution in [0.2, 0.25) is 0 Å². The Balaban J connectivity index is 2.41. The first kappa shape index (κ1) is 8.38. The van der Waals surface area contributed by atoms with Gasteiger partial charge in [0.1, 0.15) is 0 Å². The van der Waals surface area contributed by atoms with Crippen molar-refractivity contribution in [1.29, 1.82) is 0 Å². The van der Waals surface area contributed by atoms with E-state index in [-0.39, 0.29) is 17.1 Å². The maximum Gasteiger partial charge on any atom is 0.283 e. The highest BCUT2D eigenvalue weighted by molar-refractivity contribution is 5.70. The monoisotopic (exact) mass is 209 g/mol. The number of hydrogen-bond acceptors (Lipinski definition) is 6. The minimum absolute atomic E-state index is 0.111. The molecule has 0 aliphatic carbocycles. The first-order valence-electron chi connectivity index (χ1n) is 4.27. The van der Waals surface area contributed by atoms with E-state index in [9.17, 15) is 15.0 Å². The fourth-order valence-corrected chi connectivity index (χ4v) is 1.60. The number of nitrogens with one attached hydrogen (secondary N) is 2. The van der Waals surface area contributed by atoms with Crippen LogP contribution in [0, 0.1) is 0 Å². The van der Waals surface area contributed by atoms with Gasteiger partial charge in [-0.1, -0.05) is 0 Å². The summed E-state index contributed by atoms with van der Waals surface area (Å²) in [5.41, 5.74) is -0.0159. The topological polar surface area (TPSA) is 116 Å². The lowest BCUT2D eigenvalue weighted by atomic mass is 10.5. The molecule has 1 aliphatic rings. The first-order valence-corrected chi connectivity index (χ1v) is 4.27. The van der Waals surface area contributed by atoms with Crippen molar-refractivity contribution in [2.45, 2.75) is 12.5 Å². The molecule has 0 fully saturated rings. The summed E-state index contributed by atoms with van der Waals surface area (Å²) in [4.78, 5) is 22.2. The van der Waals surface area contributed by atoms with Crippen molar-refractivity contribution in [3.05, 3.63) is 16.7 Å². The Morgan fingerprint density at radius 3 is 3.07 bits per heavy atom. The van der Waals surface area contributed by atoms with E-state index in [1.165, 1.54) is 6.33 Å². The molecule has 0 bridgehead atoms. The quantitative estimate of drug-likeness (QED) is 0.413. The van der Waals surface area contributed by atoms with Gasteiger partial charge in [-0.2, -0.15) is 4.98 Å². The van der Waals surface area contributed by atoms with Gasteiger partial charge in [-0.25, -0.2) is 9.55 Å². The van der Waals surface area contributed by atoms with E-state index in [1.54, 1.807) is 0 Å². The van der Waals surface area contributed by atoms with Crippen LogP contribution in [-0.4, -0.2) is 36.0 Å². The van der Waals surface area contributed by atoms with Crippen molar-refractivity contribution in [3.8, 4) is 0 Å². The zero-order valence-electron chi connectivity index (χ0n) is 7.38. The molecular weight excluding hydrogens is 202 g/mol.